The van der Waals surface area contributed by atoms with Crippen LogP contribution in [0, 0.1) is 11.8 Å². The van der Waals surface area contributed by atoms with E-state index in [0.29, 0.717) is 55.4 Å². The second-order valence-electron chi connectivity index (χ2n) is 20.9. The van der Waals surface area contributed by atoms with Gasteiger partial charge < -0.3 is 35.6 Å². The number of nitrogens with one attached hydrogen (secondary N) is 5. The predicted molar refractivity (Wildman–Crippen MR) is 283 cm³/mol. The molecule has 0 radical (unpaired) electrons. The molecule has 2 atom stereocenters. The van der Waals surface area contributed by atoms with Crippen LogP contribution in [-0.4, -0.2) is 155 Å². The minimum Gasteiger partial charge on any atom is -0.444 e. The van der Waals surface area contributed by atoms with Crippen LogP contribution in [0.5, 0.6) is 0 Å². The predicted octanol–water partition coefficient (Wildman–Crippen LogP) is 10.0. The van der Waals surface area contributed by atoms with Gasteiger partial charge >= 0.3 is 30.0 Å². The first-order chi connectivity index (χ1) is 35.9. The smallest absolute Gasteiger partial charge is 0.444 e. The molecule has 0 bridgehead atoms. The monoisotopic (exact) mass is 1110 g/mol. The van der Waals surface area contributed by atoms with Crippen molar-refractivity contribution in [3.8, 4) is 0 Å². The fraction of sp³-hybridized carbons (Fsp3) is 0.611. The Hall–Kier alpha value is -4.89. The lowest BCUT2D eigenvalue weighted by molar-refractivity contribution is -0.193. The number of carbonyl (C=O) groups excluding carboxylic acids is 5. The fourth-order valence-corrected chi connectivity index (χ4v) is 10.9. The summed E-state index contributed by atoms with van der Waals surface area (Å²) in [4.78, 5) is 68.9. The number of alkyl halides is 8. The zero-order valence-corrected chi connectivity index (χ0v) is 45.5. The van der Waals surface area contributed by atoms with Crippen molar-refractivity contribution in [3.63, 3.8) is 0 Å². The molecule has 4 fully saturated rings. The zero-order valence-electron chi connectivity index (χ0n) is 44.0. The second kappa shape index (κ2) is 28.7. The summed E-state index contributed by atoms with van der Waals surface area (Å²) in [5, 5.41) is 12.6. The maximum atomic E-state index is 12.5. The van der Waals surface area contributed by atoms with Gasteiger partial charge in [-0.25, -0.2) is 4.79 Å². The van der Waals surface area contributed by atoms with Crippen molar-refractivity contribution in [1.29, 1.82) is 0 Å². The third-order valence-electron chi connectivity index (χ3n) is 14.6. The summed E-state index contributed by atoms with van der Waals surface area (Å²) < 4.78 is 72.5. The number of Topliss-reactive ketones (excluding diaryl/α,β-unsaturated/α-hetero) is 2. The number of aromatic nitrogens is 2. The molecule has 2 aromatic heterocycles. The second-order valence-corrected chi connectivity index (χ2v) is 21.7. The molecule has 2 aromatic carbocycles. The Kier molecular flexibility index (Phi) is 23.4. The van der Waals surface area contributed by atoms with Crippen molar-refractivity contribution >= 4 is 74.5 Å². The maximum Gasteiger partial charge on any atom is 0.458 e. The molecule has 4 aromatic rings. The lowest BCUT2D eigenvalue weighted by atomic mass is 9.84. The van der Waals surface area contributed by atoms with Crippen molar-refractivity contribution in [3.05, 3.63) is 72.1 Å². The highest BCUT2D eigenvalue weighted by molar-refractivity contribution is 6.41. The van der Waals surface area contributed by atoms with Crippen molar-refractivity contribution in [2.24, 2.45) is 11.8 Å². The fourth-order valence-electron chi connectivity index (χ4n) is 10.9. The van der Waals surface area contributed by atoms with Crippen LogP contribution in [0.25, 0.3) is 21.8 Å². The number of ketones is 2. The lowest BCUT2D eigenvalue weighted by Crippen LogP contribution is -2.53. The number of halogens is 8. The number of H-pyrrole nitrogens is 2. The molecule has 8 rings (SSSR count). The summed E-state index contributed by atoms with van der Waals surface area (Å²) in [5.74, 6) is -4.38. The van der Waals surface area contributed by atoms with E-state index in [0.717, 1.165) is 71.5 Å². The molecule has 422 valence electrons. The summed E-state index contributed by atoms with van der Waals surface area (Å²) in [7, 11) is 0. The first kappa shape index (κ1) is 62.0. The van der Waals surface area contributed by atoms with Gasteiger partial charge in [-0.1, -0.05) is 36.4 Å². The first-order valence-electron chi connectivity index (χ1n) is 26.0. The molecule has 76 heavy (non-hydrogen) atoms. The Bertz CT molecular complexity index is 2460. The Morgan fingerprint density at radius 2 is 0.974 bits per heavy atom. The highest BCUT2D eigenvalue weighted by atomic mass is 35.5. The maximum absolute atomic E-state index is 12.5. The number of amides is 3. The SMILES string of the molecule is CC(=O)NCC(C1CCN(C(=O)OC(C)(C)C)CC1)N1CCC(c2c[nH]c3ccccc23)CC1.CC(=O)NCC(C1CCNCC1)N1CCC(c2c[nH]c3ccccc23)CC1.ClCCl.O=C(C(=O)C(F)(F)F)C(F)(F)F. The van der Waals surface area contributed by atoms with Gasteiger partial charge in [0.15, 0.2) is 0 Å². The molecule has 4 saturated heterocycles. The third-order valence-corrected chi connectivity index (χ3v) is 14.6. The third kappa shape index (κ3) is 18.4. The number of piperidine rings is 4. The van der Waals surface area contributed by atoms with Gasteiger partial charge in [-0.2, -0.15) is 26.3 Å². The van der Waals surface area contributed by atoms with Gasteiger partial charge in [0.05, 0.1) is 5.34 Å². The van der Waals surface area contributed by atoms with Gasteiger partial charge in [-0.3, -0.25) is 29.0 Å². The molecule has 0 saturated carbocycles. The van der Waals surface area contributed by atoms with Crippen molar-refractivity contribution < 1.29 is 55.1 Å². The normalized spacial score (nSPS) is 18.7. The summed E-state index contributed by atoms with van der Waals surface area (Å²) in [6.07, 6.45) is 1.58. The van der Waals surface area contributed by atoms with Gasteiger partial charge in [0.25, 0.3) is 0 Å². The van der Waals surface area contributed by atoms with Crippen molar-refractivity contribution in [2.45, 2.75) is 128 Å². The summed E-state index contributed by atoms with van der Waals surface area (Å²) in [6, 6.07) is 17.9. The van der Waals surface area contributed by atoms with Crippen LogP contribution in [0.15, 0.2) is 60.9 Å². The summed E-state index contributed by atoms with van der Waals surface area (Å²) >= 11 is 9.53. The summed E-state index contributed by atoms with van der Waals surface area (Å²) in [6.45, 7) is 18.3. The van der Waals surface area contributed by atoms with Gasteiger partial charge in [0.2, 0.25) is 11.8 Å². The molecular formula is C54H74Cl2F6N8O6. The van der Waals surface area contributed by atoms with Gasteiger partial charge in [0, 0.05) is 86.3 Å². The van der Waals surface area contributed by atoms with Crippen molar-refractivity contribution in [2.75, 3.05) is 70.8 Å². The largest absolute Gasteiger partial charge is 0.458 e. The van der Waals surface area contributed by atoms with Crippen LogP contribution in [0.4, 0.5) is 31.1 Å². The van der Waals surface area contributed by atoms with E-state index in [1.165, 1.54) is 58.6 Å². The average molecular weight is 1120 g/mol. The lowest BCUT2D eigenvalue weighted by Gasteiger charge is -2.44. The van der Waals surface area contributed by atoms with E-state index in [2.05, 4.69) is 96.6 Å². The molecule has 2 unspecified atom stereocenters. The molecule has 0 spiro atoms. The number of para-hydroxylation sites is 2. The Labute approximate surface area is 451 Å². The molecule has 22 heteroatoms. The number of ether oxygens (including phenoxy) is 1. The Balaban J connectivity index is 0.000000226. The number of benzene rings is 2. The van der Waals surface area contributed by atoms with Gasteiger partial charge in [-0.05, 0) is 158 Å². The van der Waals surface area contributed by atoms with Crippen LogP contribution in [0.1, 0.15) is 109 Å². The average Bonchev–Trinajstić information content (AvgIpc) is 4.02. The highest BCUT2D eigenvalue weighted by Crippen LogP contribution is 2.37. The molecule has 14 nitrogen and oxygen atoms in total. The number of hydrogen-bond acceptors (Lipinski definition) is 9. The van der Waals surface area contributed by atoms with E-state index in [1.54, 1.807) is 13.8 Å². The van der Waals surface area contributed by atoms with E-state index in [9.17, 15) is 50.3 Å². The standard InChI is InChI=1S/C27H40N4O3.C22H32N4O.C4F6O2.CH2Cl2/c1-19(32)28-18-25(21-11-15-31(16-12-21)26(33)34-27(2,3)4)30-13-9-20(10-14-30)23-17-29-24-8-6-5-7-22(23)24;1-16(27)24-15-22(18-6-10-23-11-7-18)26-12-8-17(9-13-26)20-14-25-21-5-3-2-4-19(20)21;5-3(6,7)1(11)2(12)4(8,9)10;2-1-3/h5-8,17,20-21,25,29H,9-16,18H2,1-4H3,(H,28,32);2-5,14,17-18,22-23,25H,6-13,15H2,1H3,(H,24,27);;1H2. The molecule has 6 heterocycles. The number of fused-ring (bicyclic) bond motifs is 2. The Morgan fingerprint density at radius 3 is 1.33 bits per heavy atom. The molecule has 4 aliphatic heterocycles. The minimum atomic E-state index is -5.77. The number of hydrogen-bond donors (Lipinski definition) is 5. The van der Waals surface area contributed by atoms with E-state index in [4.69, 9.17) is 27.9 Å². The molecule has 5 N–H and O–H groups in total. The number of nitrogens with zero attached hydrogens (tertiary/aromatic N) is 3. The molecule has 0 aliphatic carbocycles. The van der Waals surface area contributed by atoms with Crippen molar-refractivity contribution in [1.82, 2.24) is 40.6 Å². The van der Waals surface area contributed by atoms with Crippen LogP contribution in [0.3, 0.4) is 0 Å². The minimum absolute atomic E-state index is 0.0184. The topological polar surface area (TPSA) is 172 Å². The quantitative estimate of drug-likeness (QED) is 0.0557. The summed E-state index contributed by atoms with van der Waals surface area (Å²) in [5.41, 5.74) is 4.88. The Morgan fingerprint density at radius 1 is 0.605 bits per heavy atom. The van der Waals surface area contributed by atoms with Crippen LogP contribution < -0.4 is 16.0 Å². The number of aromatic amines is 2. The van der Waals surface area contributed by atoms with Gasteiger partial charge in [0.1, 0.15) is 5.60 Å². The van der Waals surface area contributed by atoms with Crippen LogP contribution in [-0.2, 0) is 23.9 Å². The number of likely N-dealkylation sites (tertiary alicyclic amines) is 3. The molecular weight excluding hydrogens is 1040 g/mol. The van der Waals surface area contributed by atoms with E-state index >= 15 is 0 Å². The molecule has 4 aliphatic rings. The van der Waals surface area contributed by atoms with Gasteiger partial charge in [-0.15, -0.1) is 23.2 Å². The first-order valence-corrected chi connectivity index (χ1v) is 27.1. The zero-order chi connectivity index (χ0) is 55.8. The van der Waals surface area contributed by atoms with E-state index in [-0.39, 0.29) is 23.2 Å². The van der Waals surface area contributed by atoms with E-state index < -0.39 is 29.5 Å². The molecule has 3 amide bonds. The van der Waals surface area contributed by atoms with E-state index in [1.807, 2.05) is 25.7 Å². The van der Waals surface area contributed by atoms with Crippen LogP contribution in [0.2, 0.25) is 0 Å². The number of rotatable bonds is 11. The number of carbonyl (C=O) groups is 5. The highest BCUT2D eigenvalue weighted by Gasteiger charge is 2.54. The van der Waals surface area contributed by atoms with Crippen LogP contribution >= 0.6 is 23.2 Å².